The summed E-state index contributed by atoms with van der Waals surface area (Å²) in [6, 6.07) is 11.8. The van der Waals surface area contributed by atoms with Crippen molar-refractivity contribution in [3.63, 3.8) is 0 Å². The zero-order valence-electron chi connectivity index (χ0n) is 19.2. The van der Waals surface area contributed by atoms with Gasteiger partial charge in [-0.3, -0.25) is 4.79 Å². The first-order valence-electron chi connectivity index (χ1n) is 10.8. The lowest BCUT2D eigenvalue weighted by molar-refractivity contribution is -0.138. The van der Waals surface area contributed by atoms with E-state index >= 15 is 0 Å². The van der Waals surface area contributed by atoms with Crippen LogP contribution in [0.4, 0.5) is 35.0 Å². The van der Waals surface area contributed by atoms with E-state index in [1.807, 2.05) is 28.0 Å². The third kappa shape index (κ3) is 6.33. The average Bonchev–Trinajstić information content (AvgIpc) is 2.74. The molecule has 0 bridgehead atoms. The Labute approximate surface area is 196 Å². The normalized spacial score (nSPS) is 16.1. The molecule has 1 aliphatic rings. The number of rotatable bonds is 6. The van der Waals surface area contributed by atoms with Crippen molar-refractivity contribution in [2.75, 3.05) is 29.4 Å². The van der Waals surface area contributed by atoms with Crippen LogP contribution in [0.3, 0.4) is 0 Å². The van der Waals surface area contributed by atoms with Crippen molar-refractivity contribution in [2.45, 2.75) is 45.0 Å². The van der Waals surface area contributed by atoms with Crippen LogP contribution in [0.25, 0.3) is 0 Å². The molecular weight excluding hydrogens is 451 g/mol. The number of aliphatic carboxylic acids is 1. The molecule has 0 radical (unpaired) electrons. The van der Waals surface area contributed by atoms with Crippen LogP contribution >= 0.6 is 0 Å². The highest BCUT2D eigenvalue weighted by atomic mass is 19.4. The van der Waals surface area contributed by atoms with Gasteiger partial charge in [0.25, 0.3) is 0 Å². The van der Waals surface area contributed by atoms with Gasteiger partial charge in [0.05, 0.1) is 29.4 Å². The Kier molecular flexibility index (Phi) is 7.28. The van der Waals surface area contributed by atoms with E-state index in [1.54, 1.807) is 26.8 Å². The maximum atomic E-state index is 13.0. The molecule has 2 aromatic rings. The Balaban J connectivity index is 1.92. The fraction of sp³-hybridized carbons (Fsp3) is 0.417. The van der Waals surface area contributed by atoms with Crippen LogP contribution < -0.4 is 15.1 Å². The Hall–Kier alpha value is -3.43. The van der Waals surface area contributed by atoms with Gasteiger partial charge in [-0.25, -0.2) is 4.79 Å². The number of benzene rings is 2. The summed E-state index contributed by atoms with van der Waals surface area (Å²) in [6.07, 6.45) is -5.16. The predicted molar refractivity (Wildman–Crippen MR) is 123 cm³/mol. The van der Waals surface area contributed by atoms with Crippen molar-refractivity contribution in [2.24, 2.45) is 0 Å². The number of ether oxygens (including phenoxy) is 1. The van der Waals surface area contributed by atoms with Crippen LogP contribution in [-0.4, -0.2) is 48.4 Å². The minimum absolute atomic E-state index is 0.114. The number of carbonyl (C=O) groups excluding carboxylic acids is 1. The van der Waals surface area contributed by atoms with E-state index in [0.29, 0.717) is 12.2 Å². The summed E-state index contributed by atoms with van der Waals surface area (Å²) in [4.78, 5) is 27.3. The molecule has 0 spiro atoms. The standard InChI is InChI=1S/C24H28F3N3O4/c1-23(2,3)34-22(33)28-14-18-15-30(17-10-8-16(9-11-17)24(25,26)27)20-7-5-4-6-19(20)29(18)13-12-21(31)32/h4-11,18H,12-15H2,1-3H3,(H,28,33)(H,31,32). The zero-order chi connectivity index (χ0) is 25.1. The van der Waals surface area contributed by atoms with Gasteiger partial charge in [0.15, 0.2) is 0 Å². The Morgan fingerprint density at radius 1 is 1.06 bits per heavy atom. The molecule has 10 heteroatoms. The SMILES string of the molecule is CC(C)(C)OC(=O)NCC1CN(c2ccc(C(F)(F)F)cc2)c2ccccc2N1CCC(=O)O. The van der Waals surface area contributed by atoms with E-state index in [2.05, 4.69) is 5.32 Å². The van der Waals surface area contributed by atoms with Gasteiger partial charge >= 0.3 is 18.2 Å². The van der Waals surface area contributed by atoms with Crippen LogP contribution in [0.2, 0.25) is 0 Å². The third-order valence-corrected chi connectivity index (χ3v) is 5.27. The lowest BCUT2D eigenvalue weighted by atomic mass is 10.0. The molecule has 0 aliphatic carbocycles. The van der Waals surface area contributed by atoms with Gasteiger partial charge in [-0.05, 0) is 57.2 Å². The number of alkyl halides is 3. The van der Waals surface area contributed by atoms with E-state index in [4.69, 9.17) is 4.74 Å². The third-order valence-electron chi connectivity index (χ3n) is 5.27. The van der Waals surface area contributed by atoms with Crippen molar-refractivity contribution in [3.8, 4) is 0 Å². The molecule has 0 saturated carbocycles. The van der Waals surface area contributed by atoms with Gasteiger partial charge < -0.3 is 25.0 Å². The molecule has 1 aliphatic heterocycles. The lowest BCUT2D eigenvalue weighted by Gasteiger charge is -2.44. The Morgan fingerprint density at radius 3 is 2.24 bits per heavy atom. The number of amides is 1. The highest BCUT2D eigenvalue weighted by molar-refractivity contribution is 5.81. The van der Waals surface area contributed by atoms with Crippen molar-refractivity contribution < 1.29 is 32.6 Å². The maximum Gasteiger partial charge on any atom is 0.416 e. The molecule has 1 heterocycles. The summed E-state index contributed by atoms with van der Waals surface area (Å²) in [5, 5.41) is 12.0. The fourth-order valence-corrected chi connectivity index (χ4v) is 3.82. The zero-order valence-corrected chi connectivity index (χ0v) is 19.2. The second-order valence-electron chi connectivity index (χ2n) is 9.02. The fourth-order valence-electron chi connectivity index (χ4n) is 3.82. The lowest BCUT2D eigenvalue weighted by Crippen LogP contribution is -2.53. The number of alkyl carbamates (subject to hydrolysis) is 1. The number of halogens is 3. The van der Waals surface area contributed by atoms with Crippen LogP contribution in [-0.2, 0) is 15.7 Å². The Morgan fingerprint density at radius 2 is 1.68 bits per heavy atom. The number of nitrogens with zero attached hydrogens (tertiary/aromatic N) is 2. The number of nitrogens with one attached hydrogen (secondary N) is 1. The van der Waals surface area contributed by atoms with Crippen molar-refractivity contribution >= 4 is 29.1 Å². The predicted octanol–water partition coefficient (Wildman–Crippen LogP) is 5.03. The van der Waals surface area contributed by atoms with Gasteiger partial charge in [0.2, 0.25) is 0 Å². The number of hydrogen-bond donors (Lipinski definition) is 2. The minimum atomic E-state index is -4.44. The molecule has 2 aromatic carbocycles. The summed E-state index contributed by atoms with van der Waals surface area (Å²) in [5.74, 6) is -0.957. The summed E-state index contributed by atoms with van der Waals surface area (Å²) in [5.41, 5.74) is 0.596. The monoisotopic (exact) mass is 479 g/mol. The number of carboxylic acid groups (broad SMARTS) is 1. The number of hydrogen-bond acceptors (Lipinski definition) is 5. The maximum absolute atomic E-state index is 13.0. The van der Waals surface area contributed by atoms with Crippen LogP contribution in [0, 0.1) is 0 Å². The van der Waals surface area contributed by atoms with E-state index < -0.39 is 29.4 Å². The van der Waals surface area contributed by atoms with Gasteiger partial charge in [0.1, 0.15) is 5.60 Å². The minimum Gasteiger partial charge on any atom is -0.481 e. The van der Waals surface area contributed by atoms with E-state index in [9.17, 15) is 27.9 Å². The summed E-state index contributed by atoms with van der Waals surface area (Å²) in [7, 11) is 0. The first-order chi connectivity index (χ1) is 15.8. The van der Waals surface area contributed by atoms with Gasteiger partial charge in [-0.15, -0.1) is 0 Å². The smallest absolute Gasteiger partial charge is 0.416 e. The molecule has 0 saturated heterocycles. The van der Waals surface area contributed by atoms with Gasteiger partial charge in [-0.1, -0.05) is 12.1 Å². The second kappa shape index (κ2) is 9.82. The van der Waals surface area contributed by atoms with Gasteiger partial charge in [-0.2, -0.15) is 13.2 Å². The highest BCUT2D eigenvalue weighted by Gasteiger charge is 2.34. The Bertz CT molecular complexity index is 1020. The summed E-state index contributed by atoms with van der Waals surface area (Å²) < 4.78 is 44.4. The van der Waals surface area contributed by atoms with Crippen LogP contribution in [0.15, 0.2) is 48.5 Å². The van der Waals surface area contributed by atoms with Gasteiger partial charge in [0, 0.05) is 25.3 Å². The number of carboxylic acids is 1. The summed E-state index contributed by atoms with van der Waals surface area (Å²) in [6.45, 7) is 5.91. The molecule has 1 atom stereocenters. The number of anilines is 3. The second-order valence-corrected chi connectivity index (χ2v) is 9.02. The van der Waals surface area contributed by atoms with Crippen LogP contribution in [0.5, 0.6) is 0 Å². The van der Waals surface area contributed by atoms with E-state index in [-0.39, 0.29) is 25.6 Å². The van der Waals surface area contributed by atoms with Crippen molar-refractivity contribution in [1.82, 2.24) is 5.32 Å². The average molecular weight is 479 g/mol. The highest BCUT2D eigenvalue weighted by Crippen LogP contribution is 2.40. The van der Waals surface area contributed by atoms with E-state index in [0.717, 1.165) is 23.5 Å². The van der Waals surface area contributed by atoms with E-state index in [1.165, 1.54) is 12.1 Å². The number of carbonyl (C=O) groups is 2. The molecule has 184 valence electrons. The number of para-hydroxylation sites is 2. The summed E-state index contributed by atoms with van der Waals surface area (Å²) >= 11 is 0. The van der Waals surface area contributed by atoms with Crippen molar-refractivity contribution in [3.05, 3.63) is 54.1 Å². The molecule has 3 rings (SSSR count). The first-order valence-corrected chi connectivity index (χ1v) is 10.8. The molecule has 1 amide bonds. The molecule has 0 fully saturated rings. The first kappa shape index (κ1) is 25.2. The molecular formula is C24H28F3N3O4. The topological polar surface area (TPSA) is 82.1 Å². The molecule has 0 aromatic heterocycles. The van der Waals surface area contributed by atoms with Crippen LogP contribution in [0.1, 0.15) is 32.8 Å². The van der Waals surface area contributed by atoms with Crippen molar-refractivity contribution in [1.29, 1.82) is 0 Å². The molecule has 34 heavy (non-hydrogen) atoms. The number of fused-ring (bicyclic) bond motifs is 1. The molecule has 2 N–H and O–H groups in total. The molecule has 7 nitrogen and oxygen atoms in total. The quantitative estimate of drug-likeness (QED) is 0.605. The largest absolute Gasteiger partial charge is 0.481 e. The molecule has 1 unspecified atom stereocenters.